The van der Waals surface area contributed by atoms with E-state index in [1.807, 2.05) is 38.2 Å². The molecule has 3 rings (SSSR count). The first-order valence-electron chi connectivity index (χ1n) is 9.95. The zero-order valence-electron chi connectivity index (χ0n) is 17.0. The first-order valence-corrected chi connectivity index (χ1v) is 9.95. The summed E-state index contributed by atoms with van der Waals surface area (Å²) in [5, 5.41) is 12.0. The van der Waals surface area contributed by atoms with Crippen LogP contribution >= 0.6 is 0 Å². The quantitative estimate of drug-likeness (QED) is 0.727. The summed E-state index contributed by atoms with van der Waals surface area (Å²) in [6, 6.07) is 7.71. The number of methoxy groups -OCH3 is 1. The molecule has 152 valence electrons. The third-order valence-electron chi connectivity index (χ3n) is 5.51. The Kier molecular flexibility index (Phi) is 6.97. The lowest BCUT2D eigenvalue weighted by Gasteiger charge is -2.26. The van der Waals surface area contributed by atoms with Crippen LogP contribution in [-0.4, -0.2) is 63.2 Å². The molecule has 2 heterocycles. The van der Waals surface area contributed by atoms with Crippen molar-refractivity contribution in [1.29, 1.82) is 0 Å². The van der Waals surface area contributed by atoms with Gasteiger partial charge in [0.25, 0.3) is 0 Å². The minimum atomic E-state index is -0.0758. The van der Waals surface area contributed by atoms with E-state index in [2.05, 4.69) is 20.4 Å². The first kappa shape index (κ1) is 20.3. The number of nitrogens with zero attached hydrogens (tertiary/aromatic N) is 6. The van der Waals surface area contributed by atoms with E-state index in [9.17, 15) is 4.79 Å². The van der Waals surface area contributed by atoms with E-state index >= 15 is 0 Å². The number of rotatable bonds is 7. The number of likely N-dealkylation sites (N-methyl/N-ethyl adjacent to an activating group) is 1. The van der Waals surface area contributed by atoms with Gasteiger partial charge in [0.2, 0.25) is 5.91 Å². The largest absolute Gasteiger partial charge is 0.497 e. The fourth-order valence-corrected chi connectivity index (χ4v) is 3.53. The summed E-state index contributed by atoms with van der Waals surface area (Å²) >= 11 is 0. The number of hydrogen-bond donors (Lipinski definition) is 0. The van der Waals surface area contributed by atoms with Crippen LogP contribution in [0.15, 0.2) is 24.3 Å². The third kappa shape index (κ3) is 5.07. The van der Waals surface area contributed by atoms with Crippen LogP contribution in [-0.2, 0) is 17.9 Å². The summed E-state index contributed by atoms with van der Waals surface area (Å²) in [7, 11) is 3.45. The number of hydrogen-bond acceptors (Lipinski definition) is 6. The molecule has 8 heteroatoms. The molecule has 1 amide bonds. The minimum Gasteiger partial charge on any atom is -0.497 e. The van der Waals surface area contributed by atoms with Gasteiger partial charge in [-0.2, -0.15) is 0 Å². The molecule has 1 saturated heterocycles. The second-order valence-electron chi connectivity index (χ2n) is 7.40. The molecular weight excluding hydrogens is 356 g/mol. The molecule has 0 radical (unpaired) electrons. The summed E-state index contributed by atoms with van der Waals surface area (Å²) in [5.74, 6) is 1.50. The SMILES string of the molecule is COc1cccc([C@@H](C)N(C)C(=O)Cn2nnnc2CN2CCCCCC2)c1. The molecular formula is C20H30N6O2. The number of amides is 1. The molecule has 1 aliphatic heterocycles. The molecule has 0 spiro atoms. The average Bonchev–Trinajstić information content (AvgIpc) is 2.98. The maximum Gasteiger partial charge on any atom is 0.244 e. The van der Waals surface area contributed by atoms with Crippen LogP contribution in [0.4, 0.5) is 0 Å². The maximum atomic E-state index is 12.8. The van der Waals surface area contributed by atoms with Gasteiger partial charge in [-0.1, -0.05) is 25.0 Å². The minimum absolute atomic E-state index is 0.0280. The lowest BCUT2D eigenvalue weighted by molar-refractivity contribution is -0.132. The van der Waals surface area contributed by atoms with Crippen LogP contribution < -0.4 is 4.74 Å². The summed E-state index contributed by atoms with van der Waals surface area (Å²) in [5.41, 5.74) is 1.02. The van der Waals surface area contributed by atoms with E-state index < -0.39 is 0 Å². The van der Waals surface area contributed by atoms with Crippen molar-refractivity contribution in [3.63, 3.8) is 0 Å². The molecule has 1 atom stereocenters. The molecule has 0 N–H and O–H groups in total. The predicted octanol–water partition coefficient (Wildman–Crippen LogP) is 2.28. The fourth-order valence-electron chi connectivity index (χ4n) is 3.53. The van der Waals surface area contributed by atoms with Gasteiger partial charge < -0.3 is 9.64 Å². The Labute approximate surface area is 166 Å². The molecule has 0 aliphatic carbocycles. The Morgan fingerprint density at radius 2 is 2.00 bits per heavy atom. The topological polar surface area (TPSA) is 76.4 Å². The van der Waals surface area contributed by atoms with Crippen LogP contribution in [0.2, 0.25) is 0 Å². The van der Waals surface area contributed by atoms with Crippen molar-refractivity contribution < 1.29 is 9.53 Å². The Bertz CT molecular complexity index is 770. The van der Waals surface area contributed by atoms with Crippen molar-refractivity contribution in [3.8, 4) is 5.75 Å². The second kappa shape index (κ2) is 9.64. The van der Waals surface area contributed by atoms with Gasteiger partial charge in [-0.3, -0.25) is 9.69 Å². The van der Waals surface area contributed by atoms with Crippen LogP contribution in [0, 0.1) is 0 Å². The van der Waals surface area contributed by atoms with E-state index in [1.54, 1.807) is 16.7 Å². The molecule has 8 nitrogen and oxygen atoms in total. The van der Waals surface area contributed by atoms with Crippen LogP contribution in [0.25, 0.3) is 0 Å². The summed E-state index contributed by atoms with van der Waals surface area (Å²) < 4.78 is 6.92. The number of likely N-dealkylation sites (tertiary alicyclic amines) is 1. The summed E-state index contributed by atoms with van der Waals surface area (Å²) in [6.07, 6.45) is 4.99. The smallest absolute Gasteiger partial charge is 0.244 e. The highest BCUT2D eigenvalue weighted by Gasteiger charge is 2.21. The van der Waals surface area contributed by atoms with Gasteiger partial charge in [0.05, 0.1) is 19.7 Å². The second-order valence-corrected chi connectivity index (χ2v) is 7.40. The Morgan fingerprint density at radius 1 is 1.25 bits per heavy atom. The highest BCUT2D eigenvalue weighted by atomic mass is 16.5. The average molecular weight is 387 g/mol. The molecule has 1 aromatic carbocycles. The van der Waals surface area contributed by atoms with Gasteiger partial charge >= 0.3 is 0 Å². The van der Waals surface area contributed by atoms with Crippen LogP contribution in [0.5, 0.6) is 5.75 Å². The van der Waals surface area contributed by atoms with Crippen molar-refractivity contribution in [2.24, 2.45) is 0 Å². The van der Waals surface area contributed by atoms with E-state index in [0.717, 1.165) is 30.2 Å². The molecule has 28 heavy (non-hydrogen) atoms. The van der Waals surface area contributed by atoms with Gasteiger partial charge in [0.15, 0.2) is 5.82 Å². The normalized spacial score (nSPS) is 16.4. The Hall–Kier alpha value is -2.48. The molecule has 1 aromatic heterocycles. The fraction of sp³-hybridized carbons (Fsp3) is 0.600. The molecule has 0 saturated carbocycles. The maximum absolute atomic E-state index is 12.8. The Balaban J connectivity index is 1.63. The van der Waals surface area contributed by atoms with E-state index in [0.29, 0.717) is 6.54 Å². The van der Waals surface area contributed by atoms with Gasteiger partial charge in [-0.25, -0.2) is 4.68 Å². The third-order valence-corrected chi connectivity index (χ3v) is 5.51. The molecule has 1 aliphatic rings. The predicted molar refractivity (Wildman–Crippen MR) is 106 cm³/mol. The number of aromatic nitrogens is 4. The van der Waals surface area contributed by atoms with Crippen molar-refractivity contribution in [3.05, 3.63) is 35.7 Å². The molecule has 1 fully saturated rings. The Morgan fingerprint density at radius 3 is 2.71 bits per heavy atom. The lowest BCUT2D eigenvalue weighted by Crippen LogP contribution is -2.34. The molecule has 2 aromatic rings. The van der Waals surface area contributed by atoms with E-state index in [4.69, 9.17) is 4.74 Å². The van der Waals surface area contributed by atoms with Crippen molar-refractivity contribution in [2.75, 3.05) is 27.2 Å². The van der Waals surface area contributed by atoms with Crippen molar-refractivity contribution in [1.82, 2.24) is 30.0 Å². The van der Waals surface area contributed by atoms with E-state index in [-0.39, 0.29) is 18.5 Å². The van der Waals surface area contributed by atoms with E-state index in [1.165, 1.54) is 25.7 Å². The van der Waals surface area contributed by atoms with Gasteiger partial charge in [0.1, 0.15) is 12.3 Å². The number of tetrazole rings is 1. The lowest BCUT2D eigenvalue weighted by atomic mass is 10.1. The summed E-state index contributed by atoms with van der Waals surface area (Å²) in [6.45, 7) is 4.96. The monoisotopic (exact) mass is 386 g/mol. The number of carbonyl (C=O) groups is 1. The molecule has 0 bridgehead atoms. The standard InChI is InChI=1S/C20H30N6O2/c1-16(17-9-8-10-18(13-17)28-3)24(2)20(27)15-26-19(21-22-23-26)14-25-11-6-4-5-7-12-25/h8-10,13,16H,4-7,11-12,14-15H2,1-3H3/t16-/m1/s1. The van der Waals surface area contributed by atoms with Crippen LogP contribution in [0.1, 0.15) is 50.0 Å². The van der Waals surface area contributed by atoms with Gasteiger partial charge in [0, 0.05) is 7.05 Å². The highest BCUT2D eigenvalue weighted by Crippen LogP contribution is 2.23. The van der Waals surface area contributed by atoms with Crippen LogP contribution in [0.3, 0.4) is 0 Å². The van der Waals surface area contributed by atoms with Gasteiger partial charge in [-0.15, -0.1) is 5.10 Å². The molecule has 0 unspecified atom stereocenters. The number of carbonyl (C=O) groups excluding carboxylic acids is 1. The zero-order chi connectivity index (χ0) is 19.9. The highest BCUT2D eigenvalue weighted by molar-refractivity contribution is 5.76. The first-order chi connectivity index (χ1) is 13.6. The summed E-state index contributed by atoms with van der Waals surface area (Å²) in [4.78, 5) is 16.9. The van der Waals surface area contributed by atoms with Crippen molar-refractivity contribution in [2.45, 2.75) is 51.7 Å². The zero-order valence-corrected chi connectivity index (χ0v) is 17.0. The number of ether oxygens (including phenoxy) is 1. The van der Waals surface area contributed by atoms with Crippen molar-refractivity contribution >= 4 is 5.91 Å². The number of benzene rings is 1. The van der Waals surface area contributed by atoms with Gasteiger partial charge in [-0.05, 0) is 61.0 Å².